The average Bonchev–Trinajstić information content (AvgIpc) is 2.45. The predicted molar refractivity (Wildman–Crippen MR) is 81.1 cm³/mol. The van der Waals surface area contributed by atoms with Crippen LogP contribution in [0, 0.1) is 5.41 Å². The van der Waals surface area contributed by atoms with Gasteiger partial charge in [-0.05, 0) is 31.1 Å². The van der Waals surface area contributed by atoms with E-state index in [0.29, 0.717) is 18.5 Å². The summed E-state index contributed by atoms with van der Waals surface area (Å²) in [5, 5.41) is 2.45. The molecule has 1 aliphatic carbocycles. The number of piperidine rings is 1. The fraction of sp³-hybridized carbons (Fsp3) is 0.786. The zero-order chi connectivity index (χ0) is 14.6. The SMILES string of the molecule is NC(=S)CNC(=O)C(=O)N1CCC2(CCCCC2)CC1. The van der Waals surface area contributed by atoms with Crippen molar-refractivity contribution in [2.24, 2.45) is 11.1 Å². The van der Waals surface area contributed by atoms with E-state index in [-0.39, 0.29) is 11.5 Å². The molecular weight excluding hydrogens is 274 g/mol. The molecule has 20 heavy (non-hydrogen) atoms. The maximum atomic E-state index is 12.0. The lowest BCUT2D eigenvalue weighted by molar-refractivity contribution is -0.147. The van der Waals surface area contributed by atoms with Gasteiger partial charge in [0.1, 0.15) is 0 Å². The third-order valence-corrected chi connectivity index (χ3v) is 4.79. The van der Waals surface area contributed by atoms with Gasteiger partial charge in [-0.15, -0.1) is 0 Å². The van der Waals surface area contributed by atoms with Crippen molar-refractivity contribution in [3.05, 3.63) is 0 Å². The molecule has 0 atom stereocenters. The van der Waals surface area contributed by atoms with Crippen molar-refractivity contribution in [3.8, 4) is 0 Å². The van der Waals surface area contributed by atoms with Crippen LogP contribution in [0.1, 0.15) is 44.9 Å². The van der Waals surface area contributed by atoms with Crippen LogP contribution in [-0.4, -0.2) is 41.3 Å². The van der Waals surface area contributed by atoms with E-state index in [2.05, 4.69) is 17.5 Å². The van der Waals surface area contributed by atoms with Crippen LogP contribution < -0.4 is 11.1 Å². The molecule has 2 fully saturated rings. The summed E-state index contributed by atoms with van der Waals surface area (Å²) in [6.45, 7) is 1.47. The van der Waals surface area contributed by atoms with Crippen molar-refractivity contribution < 1.29 is 9.59 Å². The molecular formula is C14H23N3O2S. The highest BCUT2D eigenvalue weighted by Gasteiger charge is 2.37. The lowest BCUT2D eigenvalue weighted by atomic mass is 9.68. The standard InChI is InChI=1S/C14H23N3O2S/c15-11(20)10-16-12(18)13(19)17-8-6-14(7-9-17)4-2-1-3-5-14/h1-10H2,(H2,15,20)(H,16,18). The molecule has 112 valence electrons. The van der Waals surface area contributed by atoms with E-state index >= 15 is 0 Å². The number of thiocarbonyl (C=S) groups is 1. The summed E-state index contributed by atoms with van der Waals surface area (Å²) < 4.78 is 0. The number of carbonyl (C=O) groups excluding carboxylic acids is 2. The Morgan fingerprint density at radius 2 is 1.70 bits per heavy atom. The van der Waals surface area contributed by atoms with Crippen molar-refractivity contribution in [2.45, 2.75) is 44.9 Å². The Kier molecular flexibility index (Phi) is 4.96. The molecule has 0 aromatic carbocycles. The number of nitrogens with zero attached hydrogens (tertiary/aromatic N) is 1. The van der Waals surface area contributed by atoms with Gasteiger partial charge in [0.25, 0.3) is 0 Å². The summed E-state index contributed by atoms with van der Waals surface area (Å²) in [7, 11) is 0. The van der Waals surface area contributed by atoms with Crippen molar-refractivity contribution >= 4 is 29.0 Å². The fourth-order valence-electron chi connectivity index (χ4n) is 3.37. The number of likely N-dealkylation sites (tertiary alicyclic amines) is 1. The van der Waals surface area contributed by atoms with Gasteiger partial charge in [-0.1, -0.05) is 31.5 Å². The lowest BCUT2D eigenvalue weighted by Gasteiger charge is -2.44. The molecule has 2 amide bonds. The van der Waals surface area contributed by atoms with Crippen molar-refractivity contribution in [2.75, 3.05) is 19.6 Å². The number of nitrogens with one attached hydrogen (secondary N) is 1. The molecule has 3 N–H and O–H groups in total. The van der Waals surface area contributed by atoms with E-state index in [1.54, 1.807) is 4.90 Å². The van der Waals surface area contributed by atoms with Gasteiger partial charge in [0, 0.05) is 13.1 Å². The average molecular weight is 297 g/mol. The van der Waals surface area contributed by atoms with Crippen LogP contribution in [0.15, 0.2) is 0 Å². The molecule has 2 rings (SSSR count). The lowest BCUT2D eigenvalue weighted by Crippen LogP contribution is -2.50. The summed E-state index contributed by atoms with van der Waals surface area (Å²) in [6.07, 6.45) is 8.57. The third kappa shape index (κ3) is 3.69. The van der Waals surface area contributed by atoms with Crippen molar-refractivity contribution in [3.63, 3.8) is 0 Å². The van der Waals surface area contributed by atoms with E-state index in [1.165, 1.54) is 32.1 Å². The van der Waals surface area contributed by atoms with Crippen LogP contribution in [-0.2, 0) is 9.59 Å². The normalized spacial score (nSPS) is 21.5. The van der Waals surface area contributed by atoms with Crippen LogP contribution >= 0.6 is 12.2 Å². The Bertz CT molecular complexity index is 395. The summed E-state index contributed by atoms with van der Waals surface area (Å²) in [5.41, 5.74) is 5.74. The Labute approximate surface area is 125 Å². The second kappa shape index (κ2) is 6.52. The van der Waals surface area contributed by atoms with Crippen LogP contribution in [0.25, 0.3) is 0 Å². The second-order valence-electron chi connectivity index (χ2n) is 6.00. The molecule has 0 radical (unpaired) electrons. The zero-order valence-corrected chi connectivity index (χ0v) is 12.6. The molecule has 1 saturated heterocycles. The zero-order valence-electron chi connectivity index (χ0n) is 11.8. The minimum Gasteiger partial charge on any atom is -0.392 e. The first-order chi connectivity index (χ1) is 9.52. The molecule has 0 bridgehead atoms. The Balaban J connectivity index is 1.82. The molecule has 2 aliphatic rings. The van der Waals surface area contributed by atoms with Crippen LogP contribution in [0.2, 0.25) is 0 Å². The number of nitrogens with two attached hydrogens (primary N) is 1. The monoisotopic (exact) mass is 297 g/mol. The van der Waals surface area contributed by atoms with E-state index in [0.717, 1.165) is 12.8 Å². The maximum absolute atomic E-state index is 12.0. The highest BCUT2D eigenvalue weighted by Crippen LogP contribution is 2.44. The van der Waals surface area contributed by atoms with Crippen LogP contribution in [0.5, 0.6) is 0 Å². The Morgan fingerprint density at radius 1 is 1.10 bits per heavy atom. The van der Waals surface area contributed by atoms with E-state index in [1.807, 2.05) is 0 Å². The van der Waals surface area contributed by atoms with Crippen LogP contribution in [0.3, 0.4) is 0 Å². The quantitative estimate of drug-likeness (QED) is 0.588. The van der Waals surface area contributed by atoms with Crippen molar-refractivity contribution in [1.82, 2.24) is 10.2 Å². The molecule has 5 nitrogen and oxygen atoms in total. The summed E-state index contributed by atoms with van der Waals surface area (Å²) >= 11 is 4.68. The van der Waals surface area contributed by atoms with Gasteiger partial charge in [-0.3, -0.25) is 9.59 Å². The molecule has 6 heteroatoms. The molecule has 1 spiro atoms. The topological polar surface area (TPSA) is 75.4 Å². The highest BCUT2D eigenvalue weighted by atomic mass is 32.1. The first-order valence-electron chi connectivity index (χ1n) is 7.38. The summed E-state index contributed by atoms with van der Waals surface area (Å²) in [4.78, 5) is 25.6. The van der Waals surface area contributed by atoms with Crippen molar-refractivity contribution in [1.29, 1.82) is 0 Å². The molecule has 0 aromatic heterocycles. The second-order valence-corrected chi connectivity index (χ2v) is 6.53. The number of hydrogen-bond donors (Lipinski definition) is 2. The largest absolute Gasteiger partial charge is 0.392 e. The first-order valence-corrected chi connectivity index (χ1v) is 7.79. The summed E-state index contributed by atoms with van der Waals surface area (Å²) in [6, 6.07) is 0. The van der Waals surface area contributed by atoms with Gasteiger partial charge in [-0.25, -0.2) is 0 Å². The molecule has 1 saturated carbocycles. The molecule has 0 unspecified atom stereocenters. The van der Waals surface area contributed by atoms with E-state index in [9.17, 15) is 9.59 Å². The predicted octanol–water partition coefficient (Wildman–Crippen LogP) is 0.962. The van der Waals surface area contributed by atoms with Gasteiger partial charge in [0.2, 0.25) is 0 Å². The van der Waals surface area contributed by atoms with E-state index < -0.39 is 11.8 Å². The number of amides is 2. The third-order valence-electron chi connectivity index (χ3n) is 4.64. The maximum Gasteiger partial charge on any atom is 0.311 e. The minimum absolute atomic E-state index is 0.0810. The highest BCUT2D eigenvalue weighted by molar-refractivity contribution is 7.80. The molecule has 0 aromatic rings. The van der Waals surface area contributed by atoms with Gasteiger partial charge in [0.15, 0.2) is 0 Å². The van der Waals surface area contributed by atoms with Gasteiger partial charge in [-0.2, -0.15) is 0 Å². The smallest absolute Gasteiger partial charge is 0.311 e. The van der Waals surface area contributed by atoms with Gasteiger partial charge < -0.3 is 16.0 Å². The first kappa shape index (κ1) is 15.2. The van der Waals surface area contributed by atoms with Crippen LogP contribution in [0.4, 0.5) is 0 Å². The van der Waals surface area contributed by atoms with E-state index in [4.69, 9.17) is 5.73 Å². The fourth-order valence-corrected chi connectivity index (χ4v) is 3.44. The number of rotatable bonds is 2. The molecule has 1 aliphatic heterocycles. The van der Waals surface area contributed by atoms with Gasteiger partial charge >= 0.3 is 11.8 Å². The van der Waals surface area contributed by atoms with Gasteiger partial charge in [0.05, 0.1) is 11.5 Å². The minimum atomic E-state index is -0.600. The number of carbonyl (C=O) groups is 2. The molecule has 1 heterocycles. The Morgan fingerprint density at radius 3 is 2.25 bits per heavy atom. The Hall–Kier alpha value is -1.17. The number of hydrogen-bond acceptors (Lipinski definition) is 3. The summed E-state index contributed by atoms with van der Waals surface area (Å²) in [5.74, 6) is -1.05.